The Morgan fingerprint density at radius 1 is 0.844 bits per heavy atom. The number of anilines is 3. The fraction of sp³-hybridized carbons (Fsp3) is 0.269. The van der Waals surface area contributed by atoms with Gasteiger partial charge in [0.1, 0.15) is 0 Å². The molecule has 0 radical (unpaired) electrons. The molecule has 0 aliphatic carbocycles. The molecule has 0 amide bonds. The Kier molecular flexibility index (Phi) is 8.52. The molecular weight excluding hydrogens is 400 g/mol. The Labute approximate surface area is 190 Å². The predicted molar refractivity (Wildman–Crippen MR) is 132 cm³/mol. The van der Waals surface area contributed by atoms with Gasteiger partial charge in [-0.3, -0.25) is 10.0 Å². The average molecular weight is 433 g/mol. The van der Waals surface area contributed by atoms with Crippen LogP contribution in [-0.2, 0) is 6.54 Å². The molecule has 0 aromatic heterocycles. The number of nitrogen functional groups attached to an aromatic ring is 1. The number of fused-ring (bicyclic) bond motifs is 1. The van der Waals surface area contributed by atoms with Gasteiger partial charge in [-0.15, -0.1) is 5.53 Å². The maximum atomic E-state index is 10.3. The number of unbranched alkanes of at least 4 members (excludes halogenated alkanes) is 3. The molecule has 6 nitrogen and oxygen atoms in total. The summed E-state index contributed by atoms with van der Waals surface area (Å²) in [5.74, 6) is -0.931. The zero-order chi connectivity index (χ0) is 22.8. The van der Waals surface area contributed by atoms with E-state index in [9.17, 15) is 4.79 Å². The van der Waals surface area contributed by atoms with Crippen LogP contribution in [0.15, 0.2) is 78.9 Å². The van der Waals surface area contributed by atoms with Crippen molar-refractivity contribution in [2.24, 2.45) is 0 Å². The van der Waals surface area contributed by atoms with Crippen molar-refractivity contribution in [2.75, 3.05) is 22.3 Å². The first-order valence-electron chi connectivity index (χ1n) is 11.1. The van der Waals surface area contributed by atoms with E-state index < -0.39 is 5.97 Å². The summed E-state index contributed by atoms with van der Waals surface area (Å²) in [4.78, 5) is 10.3. The molecule has 1 aliphatic heterocycles. The maximum absolute atomic E-state index is 10.3. The van der Waals surface area contributed by atoms with Crippen molar-refractivity contribution in [1.82, 2.24) is 5.53 Å². The highest BCUT2D eigenvalue weighted by molar-refractivity contribution is 5.87. The van der Waals surface area contributed by atoms with E-state index in [0.717, 1.165) is 13.1 Å². The zero-order valence-electron chi connectivity index (χ0n) is 18.6. The highest BCUT2D eigenvalue weighted by Crippen LogP contribution is 2.33. The molecule has 3 aromatic carbocycles. The van der Waals surface area contributed by atoms with Gasteiger partial charge in [-0.1, -0.05) is 68.7 Å². The fourth-order valence-corrected chi connectivity index (χ4v) is 3.55. The van der Waals surface area contributed by atoms with Crippen LogP contribution in [0.25, 0.3) is 0 Å². The Hall–Kier alpha value is -3.51. The van der Waals surface area contributed by atoms with Gasteiger partial charge in [-0.2, -0.15) is 0 Å². The standard InChI is InChI=1S/C19H25N3.C7H7NO2/c1-2-3-4-10-15-21-18-13-8-9-14-19(18)22(20-21)16-17-11-6-5-7-12-17;8-6-3-1-5(2-4-6)7(9)10/h5-9,11-14,20H,2-4,10,15-16H2,1H3;1-4H,8H2,(H,9,10). The lowest BCUT2D eigenvalue weighted by molar-refractivity contribution is 0.0697. The molecular formula is C26H32N4O2. The number of nitrogens with zero attached hydrogens (tertiary/aromatic N) is 2. The number of aromatic carboxylic acids is 1. The van der Waals surface area contributed by atoms with Crippen LogP contribution in [0.3, 0.4) is 0 Å². The quantitative estimate of drug-likeness (QED) is 0.323. The van der Waals surface area contributed by atoms with Crippen LogP contribution >= 0.6 is 0 Å². The van der Waals surface area contributed by atoms with E-state index in [4.69, 9.17) is 10.8 Å². The van der Waals surface area contributed by atoms with Gasteiger partial charge >= 0.3 is 5.97 Å². The Balaban J connectivity index is 0.000000243. The van der Waals surface area contributed by atoms with Crippen LogP contribution in [-0.4, -0.2) is 17.6 Å². The van der Waals surface area contributed by atoms with Gasteiger partial charge in [-0.25, -0.2) is 4.79 Å². The first kappa shape index (κ1) is 23.2. The summed E-state index contributed by atoms with van der Waals surface area (Å²) in [6, 6.07) is 25.3. The molecule has 1 heterocycles. The normalized spacial score (nSPS) is 12.2. The van der Waals surface area contributed by atoms with Crippen LogP contribution in [0, 0.1) is 0 Å². The minimum Gasteiger partial charge on any atom is -0.478 e. The number of hydrazine groups is 2. The average Bonchev–Trinajstić information content (AvgIpc) is 3.16. The fourth-order valence-electron chi connectivity index (χ4n) is 3.55. The first-order chi connectivity index (χ1) is 15.6. The molecule has 32 heavy (non-hydrogen) atoms. The van der Waals surface area contributed by atoms with Gasteiger partial charge in [0, 0.05) is 12.2 Å². The molecule has 168 valence electrons. The van der Waals surface area contributed by atoms with Crippen LogP contribution in [0.1, 0.15) is 48.5 Å². The molecule has 6 heteroatoms. The minimum absolute atomic E-state index is 0.259. The molecule has 3 aromatic rings. The van der Waals surface area contributed by atoms with Crippen molar-refractivity contribution < 1.29 is 9.90 Å². The van der Waals surface area contributed by atoms with E-state index in [1.54, 1.807) is 12.1 Å². The van der Waals surface area contributed by atoms with Gasteiger partial charge in [0.05, 0.1) is 23.5 Å². The van der Waals surface area contributed by atoms with Crippen molar-refractivity contribution in [2.45, 2.75) is 39.2 Å². The van der Waals surface area contributed by atoms with Crippen molar-refractivity contribution in [3.63, 3.8) is 0 Å². The third-order valence-corrected chi connectivity index (χ3v) is 5.28. The van der Waals surface area contributed by atoms with Crippen molar-refractivity contribution in [1.29, 1.82) is 0 Å². The summed E-state index contributed by atoms with van der Waals surface area (Å²) in [5.41, 5.74) is 13.6. The number of carboxylic acids is 1. The lowest BCUT2D eigenvalue weighted by Crippen LogP contribution is -2.44. The number of hydrogen-bond donors (Lipinski definition) is 3. The summed E-state index contributed by atoms with van der Waals surface area (Å²) in [6.07, 6.45) is 5.14. The van der Waals surface area contributed by atoms with Gasteiger partial charge in [-0.05, 0) is 48.4 Å². The van der Waals surface area contributed by atoms with Crippen LogP contribution in [0.4, 0.5) is 17.1 Å². The number of benzene rings is 3. The van der Waals surface area contributed by atoms with Gasteiger partial charge in [0.2, 0.25) is 0 Å². The summed E-state index contributed by atoms with van der Waals surface area (Å²) in [6.45, 7) is 4.19. The largest absolute Gasteiger partial charge is 0.478 e. The van der Waals surface area contributed by atoms with E-state index in [1.807, 2.05) is 0 Å². The molecule has 0 fully saturated rings. The number of carboxylic acid groups (broad SMARTS) is 1. The third-order valence-electron chi connectivity index (χ3n) is 5.28. The second-order valence-corrected chi connectivity index (χ2v) is 7.80. The van der Waals surface area contributed by atoms with Gasteiger partial charge < -0.3 is 10.8 Å². The monoisotopic (exact) mass is 432 g/mol. The van der Waals surface area contributed by atoms with Crippen molar-refractivity contribution >= 4 is 23.0 Å². The van der Waals surface area contributed by atoms with Crippen LogP contribution < -0.4 is 21.3 Å². The second-order valence-electron chi connectivity index (χ2n) is 7.80. The number of hydrogen-bond acceptors (Lipinski definition) is 5. The number of rotatable bonds is 8. The molecule has 0 saturated heterocycles. The summed E-state index contributed by atoms with van der Waals surface area (Å²) in [5, 5.41) is 13.0. The molecule has 4 rings (SSSR count). The molecule has 4 N–H and O–H groups in total. The van der Waals surface area contributed by atoms with E-state index in [-0.39, 0.29) is 5.56 Å². The van der Waals surface area contributed by atoms with Gasteiger partial charge in [0.25, 0.3) is 0 Å². The lowest BCUT2D eigenvalue weighted by Gasteiger charge is -2.23. The number of nitrogens with two attached hydrogens (primary N) is 1. The molecule has 0 bridgehead atoms. The molecule has 1 aliphatic rings. The smallest absolute Gasteiger partial charge is 0.335 e. The third kappa shape index (κ3) is 6.49. The summed E-state index contributed by atoms with van der Waals surface area (Å²) < 4.78 is 0. The van der Waals surface area contributed by atoms with Gasteiger partial charge in [0.15, 0.2) is 0 Å². The predicted octanol–water partition coefficient (Wildman–Crippen LogP) is 5.48. The van der Waals surface area contributed by atoms with E-state index in [2.05, 4.69) is 77.1 Å². The SMILES string of the molecule is CCCCCCN1NN(Cc2ccccc2)c2ccccc21.Nc1ccc(C(=O)O)cc1. The lowest BCUT2D eigenvalue weighted by atomic mass is 10.2. The topological polar surface area (TPSA) is 81.8 Å². The Morgan fingerprint density at radius 3 is 2.09 bits per heavy atom. The number of nitrogens with one attached hydrogen (secondary N) is 1. The minimum atomic E-state index is -0.931. The summed E-state index contributed by atoms with van der Waals surface area (Å²) in [7, 11) is 0. The second kappa shape index (κ2) is 11.8. The zero-order valence-corrected chi connectivity index (χ0v) is 18.6. The molecule has 0 saturated carbocycles. The highest BCUT2D eigenvalue weighted by atomic mass is 16.4. The van der Waals surface area contributed by atoms with E-state index in [1.165, 1.54) is 54.8 Å². The van der Waals surface area contributed by atoms with Crippen LogP contribution in [0.5, 0.6) is 0 Å². The highest BCUT2D eigenvalue weighted by Gasteiger charge is 2.24. The number of carbonyl (C=O) groups is 1. The molecule has 0 atom stereocenters. The van der Waals surface area contributed by atoms with Crippen molar-refractivity contribution in [3.8, 4) is 0 Å². The number of para-hydroxylation sites is 2. The first-order valence-corrected chi connectivity index (χ1v) is 11.1. The van der Waals surface area contributed by atoms with E-state index in [0.29, 0.717) is 5.69 Å². The molecule has 0 unspecified atom stereocenters. The van der Waals surface area contributed by atoms with Crippen LogP contribution in [0.2, 0.25) is 0 Å². The van der Waals surface area contributed by atoms with Crippen molar-refractivity contribution in [3.05, 3.63) is 90.0 Å². The maximum Gasteiger partial charge on any atom is 0.335 e. The summed E-state index contributed by atoms with van der Waals surface area (Å²) >= 11 is 0. The Bertz CT molecular complexity index is 977. The van der Waals surface area contributed by atoms with E-state index >= 15 is 0 Å². The Morgan fingerprint density at radius 2 is 1.47 bits per heavy atom. The molecule has 0 spiro atoms.